The first kappa shape index (κ1) is 12.7. The van der Waals surface area contributed by atoms with Crippen molar-refractivity contribution in [1.29, 1.82) is 0 Å². The summed E-state index contributed by atoms with van der Waals surface area (Å²) in [6.07, 6.45) is 0.0385. The Morgan fingerprint density at radius 3 is 2.65 bits per heavy atom. The highest BCUT2D eigenvalue weighted by Gasteiger charge is 2.17. The molecule has 6 heteroatoms. The monoisotopic (exact) mass is 290 g/mol. The van der Waals surface area contributed by atoms with Gasteiger partial charge in [0.2, 0.25) is 0 Å². The van der Waals surface area contributed by atoms with Crippen molar-refractivity contribution < 1.29 is 4.74 Å². The zero-order valence-electron chi connectivity index (χ0n) is 9.67. The van der Waals surface area contributed by atoms with Crippen molar-refractivity contribution in [3.63, 3.8) is 0 Å². The molecule has 0 amide bonds. The molecule has 0 aliphatic carbocycles. The molecule has 0 aliphatic rings. The number of ether oxygens (including phenoxy) is 1. The van der Waals surface area contributed by atoms with E-state index in [-0.39, 0.29) is 6.10 Å². The molecule has 1 aromatic carbocycles. The quantitative estimate of drug-likeness (QED) is 0.908. The van der Waals surface area contributed by atoms with Crippen molar-refractivity contribution in [2.45, 2.75) is 20.0 Å². The van der Waals surface area contributed by atoms with Gasteiger partial charge in [-0.2, -0.15) is 0 Å². The fourth-order valence-electron chi connectivity index (χ4n) is 1.45. The number of hydrogen-bond donors (Lipinski definition) is 1. The first-order chi connectivity index (χ1) is 8.02. The summed E-state index contributed by atoms with van der Waals surface area (Å²) in [7, 11) is 1.82. The summed E-state index contributed by atoms with van der Waals surface area (Å²) in [5.41, 5.74) is 0.713. The third-order valence-electron chi connectivity index (χ3n) is 2.10. The predicted octanol–water partition coefficient (Wildman–Crippen LogP) is 4.43. The molecule has 2 rings (SSSR count). The molecule has 0 fully saturated rings. The average molecular weight is 291 g/mol. The molecule has 0 saturated heterocycles. The molecule has 3 nitrogen and oxygen atoms in total. The van der Waals surface area contributed by atoms with Gasteiger partial charge in [0.25, 0.3) is 0 Å². The molecule has 0 unspecified atom stereocenters. The van der Waals surface area contributed by atoms with Gasteiger partial charge in [-0.15, -0.1) is 0 Å². The van der Waals surface area contributed by atoms with Crippen molar-refractivity contribution in [2.24, 2.45) is 0 Å². The van der Waals surface area contributed by atoms with Crippen LogP contribution in [0.3, 0.4) is 0 Å². The molecule has 1 aromatic heterocycles. The Morgan fingerprint density at radius 1 is 1.35 bits per heavy atom. The molecule has 0 saturated carbocycles. The van der Waals surface area contributed by atoms with Gasteiger partial charge >= 0.3 is 0 Å². The van der Waals surface area contributed by atoms with Crippen LogP contribution in [0, 0.1) is 0 Å². The predicted molar refractivity (Wildman–Crippen MR) is 75.0 cm³/mol. The van der Waals surface area contributed by atoms with E-state index < -0.39 is 0 Å². The van der Waals surface area contributed by atoms with E-state index in [0.29, 0.717) is 21.3 Å². The average Bonchev–Trinajstić information content (AvgIpc) is 2.68. The van der Waals surface area contributed by atoms with Crippen LogP contribution in [0.4, 0.5) is 5.13 Å². The number of hydrogen-bond acceptors (Lipinski definition) is 4. The van der Waals surface area contributed by atoms with E-state index in [4.69, 9.17) is 27.9 Å². The van der Waals surface area contributed by atoms with Crippen LogP contribution in [0.15, 0.2) is 6.07 Å². The largest absolute Gasteiger partial charge is 0.487 e. The van der Waals surface area contributed by atoms with E-state index in [1.165, 1.54) is 11.3 Å². The SMILES string of the molecule is CNc1nc2c(OC(C)C)c(Cl)cc(Cl)c2s1. The van der Waals surface area contributed by atoms with Crippen LogP contribution in [-0.2, 0) is 0 Å². The molecule has 17 heavy (non-hydrogen) atoms. The third kappa shape index (κ3) is 2.44. The van der Waals surface area contributed by atoms with E-state index in [9.17, 15) is 0 Å². The number of fused-ring (bicyclic) bond motifs is 1. The highest BCUT2D eigenvalue weighted by molar-refractivity contribution is 7.22. The maximum atomic E-state index is 6.14. The van der Waals surface area contributed by atoms with Crippen molar-refractivity contribution in [3.05, 3.63) is 16.1 Å². The summed E-state index contributed by atoms with van der Waals surface area (Å²) in [5.74, 6) is 0.596. The molecule has 0 bridgehead atoms. The lowest BCUT2D eigenvalue weighted by Gasteiger charge is -2.12. The summed E-state index contributed by atoms with van der Waals surface area (Å²) < 4.78 is 6.58. The van der Waals surface area contributed by atoms with Crippen molar-refractivity contribution >= 4 is 49.9 Å². The molecule has 0 aliphatic heterocycles. The summed E-state index contributed by atoms with van der Waals surface area (Å²) in [5, 5.41) is 4.87. The van der Waals surface area contributed by atoms with Crippen LogP contribution >= 0.6 is 34.5 Å². The van der Waals surface area contributed by atoms with Crippen LogP contribution in [0.5, 0.6) is 5.75 Å². The van der Waals surface area contributed by atoms with Crippen molar-refractivity contribution in [2.75, 3.05) is 12.4 Å². The fraction of sp³-hybridized carbons (Fsp3) is 0.364. The number of rotatable bonds is 3. The van der Waals surface area contributed by atoms with Crippen LogP contribution in [-0.4, -0.2) is 18.1 Å². The number of benzene rings is 1. The second-order valence-electron chi connectivity index (χ2n) is 3.78. The Balaban J connectivity index is 2.67. The number of anilines is 1. The van der Waals surface area contributed by atoms with Crippen LogP contribution < -0.4 is 10.1 Å². The number of aromatic nitrogens is 1. The van der Waals surface area contributed by atoms with Gasteiger partial charge < -0.3 is 10.1 Å². The molecule has 92 valence electrons. The third-order valence-corrected chi connectivity index (χ3v) is 3.89. The second-order valence-corrected chi connectivity index (χ2v) is 5.60. The lowest BCUT2D eigenvalue weighted by Crippen LogP contribution is -2.06. The highest BCUT2D eigenvalue weighted by atomic mass is 35.5. The molecule has 1 N–H and O–H groups in total. The number of halogens is 2. The Hall–Kier alpha value is -0.710. The molecule has 1 heterocycles. The first-order valence-electron chi connectivity index (χ1n) is 5.16. The number of nitrogens with one attached hydrogen (secondary N) is 1. The first-order valence-corrected chi connectivity index (χ1v) is 6.73. The fourth-order valence-corrected chi connectivity index (χ4v) is 2.88. The van der Waals surface area contributed by atoms with E-state index in [1.807, 2.05) is 20.9 Å². The Kier molecular flexibility index (Phi) is 3.66. The maximum Gasteiger partial charge on any atom is 0.183 e. The summed E-state index contributed by atoms with van der Waals surface area (Å²) in [6.45, 7) is 3.89. The standard InChI is InChI=1S/C11H12Cl2N2OS/c1-5(2)16-9-6(12)4-7(13)10-8(9)15-11(14-3)17-10/h4-5H,1-3H3,(H,14,15). The molecular formula is C11H12Cl2N2OS. The van der Waals surface area contributed by atoms with Crippen molar-refractivity contribution in [3.8, 4) is 5.75 Å². The van der Waals surface area contributed by atoms with Crippen LogP contribution in [0.25, 0.3) is 10.2 Å². The van der Waals surface area contributed by atoms with Crippen LogP contribution in [0.1, 0.15) is 13.8 Å². The Morgan fingerprint density at radius 2 is 2.06 bits per heavy atom. The van der Waals surface area contributed by atoms with E-state index >= 15 is 0 Å². The smallest absolute Gasteiger partial charge is 0.183 e. The van der Waals surface area contributed by atoms with Gasteiger partial charge in [0, 0.05) is 7.05 Å². The lowest BCUT2D eigenvalue weighted by atomic mass is 10.3. The zero-order valence-corrected chi connectivity index (χ0v) is 12.0. The van der Waals surface area contributed by atoms with Gasteiger partial charge in [-0.05, 0) is 19.9 Å². The van der Waals surface area contributed by atoms with Crippen LogP contribution in [0.2, 0.25) is 10.0 Å². The molecule has 0 spiro atoms. The minimum atomic E-state index is 0.0385. The van der Waals surface area contributed by atoms with Gasteiger partial charge in [-0.1, -0.05) is 34.5 Å². The number of thiazole rings is 1. The van der Waals surface area contributed by atoms with Gasteiger partial charge in [0.15, 0.2) is 10.9 Å². The minimum absolute atomic E-state index is 0.0385. The summed E-state index contributed by atoms with van der Waals surface area (Å²) in [4.78, 5) is 4.42. The topological polar surface area (TPSA) is 34.2 Å². The Labute approximate surface area is 114 Å². The summed E-state index contributed by atoms with van der Waals surface area (Å²) >= 11 is 13.8. The van der Waals surface area contributed by atoms with Gasteiger partial charge in [0.05, 0.1) is 20.8 Å². The second kappa shape index (κ2) is 4.88. The van der Waals surface area contributed by atoms with E-state index in [1.54, 1.807) is 6.07 Å². The molecule has 0 radical (unpaired) electrons. The van der Waals surface area contributed by atoms with Gasteiger partial charge in [-0.25, -0.2) is 4.98 Å². The highest BCUT2D eigenvalue weighted by Crippen LogP contribution is 2.42. The lowest BCUT2D eigenvalue weighted by molar-refractivity contribution is 0.245. The van der Waals surface area contributed by atoms with E-state index in [2.05, 4.69) is 10.3 Å². The number of nitrogens with zero attached hydrogens (tertiary/aromatic N) is 1. The van der Waals surface area contributed by atoms with E-state index in [0.717, 1.165) is 9.83 Å². The molecule has 2 aromatic rings. The summed E-state index contributed by atoms with van der Waals surface area (Å²) in [6, 6.07) is 1.70. The van der Waals surface area contributed by atoms with Crippen molar-refractivity contribution in [1.82, 2.24) is 4.98 Å². The van der Waals surface area contributed by atoms with Gasteiger partial charge in [-0.3, -0.25) is 0 Å². The Bertz CT molecular complexity index is 554. The minimum Gasteiger partial charge on any atom is -0.487 e. The zero-order chi connectivity index (χ0) is 12.6. The molecule has 0 atom stereocenters. The normalized spacial score (nSPS) is 11.2. The maximum absolute atomic E-state index is 6.14. The van der Waals surface area contributed by atoms with Gasteiger partial charge in [0.1, 0.15) is 5.52 Å². The molecular weight excluding hydrogens is 279 g/mol.